The number of nitrogens with two attached hydrogens (primary N) is 1. The average Bonchev–Trinajstić information content (AvgIpc) is 3.33. The molecule has 0 saturated heterocycles. The van der Waals surface area contributed by atoms with Crippen LogP contribution >= 0.6 is 11.5 Å². The van der Waals surface area contributed by atoms with E-state index in [2.05, 4.69) is 15.4 Å². The van der Waals surface area contributed by atoms with E-state index in [1.807, 2.05) is 42.6 Å². The number of hydrogen-bond acceptors (Lipinski definition) is 7. The number of aryl methyl sites for hydroxylation is 1. The largest absolute Gasteiger partial charge is 1.00 e. The number of halogens is 1. The first-order valence-corrected chi connectivity index (χ1v) is 12.0. The summed E-state index contributed by atoms with van der Waals surface area (Å²) in [5, 5.41) is 4.97. The van der Waals surface area contributed by atoms with Gasteiger partial charge in [0.25, 0.3) is 5.91 Å². The van der Waals surface area contributed by atoms with Gasteiger partial charge in [-0.1, -0.05) is 6.07 Å². The number of aromatic nitrogens is 1. The number of unbranched alkanes of at least 4 members (excludes halogenated alkanes) is 1. The summed E-state index contributed by atoms with van der Waals surface area (Å²) < 4.78 is 21.1. The normalized spacial score (nSPS) is 11.4. The molecule has 1 atom stereocenters. The highest BCUT2D eigenvalue weighted by molar-refractivity contribution is 7.04. The highest BCUT2D eigenvalue weighted by Crippen LogP contribution is 2.41. The smallest absolute Gasteiger partial charge is 0.282 e. The van der Waals surface area contributed by atoms with E-state index >= 15 is 0 Å². The Labute approximate surface area is 216 Å². The third kappa shape index (κ3) is 6.64. The first kappa shape index (κ1) is 28.4. The standard InChI is InChI=1S/C25H32N4O4S.ClH/c1-15-11-17(13-22(32-3)24(15)33-4)23-18(14-34-29-23)16-8-9-21(31-2)20(12-16)28-25(30)19(27)7-5-6-10-26;/h8-9,11-14,19H,5-7,10,26-27H2,1-4H3,(H,28,30);1H/t19-;/m1./s1. The lowest BCUT2D eigenvalue weighted by atomic mass is 9.99. The quantitative estimate of drug-likeness (QED) is 0.316. The molecule has 0 aliphatic heterocycles. The molecule has 0 unspecified atom stereocenters. The van der Waals surface area contributed by atoms with Gasteiger partial charge in [0.05, 0.1) is 32.7 Å². The molecule has 8 nitrogen and oxygen atoms in total. The summed E-state index contributed by atoms with van der Waals surface area (Å²) in [6, 6.07) is 9.29. The minimum atomic E-state index is -0.368. The molecule has 0 radical (unpaired) electrons. The lowest BCUT2D eigenvalue weighted by molar-refractivity contribution is -0.404. The van der Waals surface area contributed by atoms with Crippen LogP contribution in [-0.2, 0) is 4.79 Å². The fraction of sp³-hybridized carbons (Fsp3) is 0.360. The summed E-state index contributed by atoms with van der Waals surface area (Å²) in [7, 11) is 4.82. The number of ether oxygens (including phenoxy) is 3. The summed E-state index contributed by atoms with van der Waals surface area (Å²) in [5.74, 6) is 1.78. The first-order chi connectivity index (χ1) is 16.4. The van der Waals surface area contributed by atoms with Crippen LogP contribution in [-0.4, -0.2) is 44.2 Å². The van der Waals surface area contributed by atoms with Gasteiger partial charge in [-0.05, 0) is 73.2 Å². The molecule has 6 N–H and O–H groups in total. The molecule has 1 aromatic heterocycles. The first-order valence-electron chi connectivity index (χ1n) is 11.1. The molecule has 0 bridgehead atoms. The van der Waals surface area contributed by atoms with Gasteiger partial charge in [-0.2, -0.15) is 4.37 Å². The number of carbonyl (C=O) groups excluding carboxylic acids is 1. The van der Waals surface area contributed by atoms with Gasteiger partial charge in [-0.25, -0.2) is 0 Å². The number of hydrogen-bond donors (Lipinski definition) is 3. The second kappa shape index (κ2) is 13.3. The molecule has 0 aliphatic rings. The highest BCUT2D eigenvalue weighted by Gasteiger charge is 2.20. The van der Waals surface area contributed by atoms with Gasteiger partial charge in [-0.15, -0.1) is 0 Å². The van der Waals surface area contributed by atoms with E-state index in [9.17, 15) is 4.79 Å². The van der Waals surface area contributed by atoms with Gasteiger partial charge < -0.3 is 43.4 Å². The van der Waals surface area contributed by atoms with Gasteiger partial charge in [0.2, 0.25) is 0 Å². The van der Waals surface area contributed by atoms with Crippen molar-refractivity contribution >= 4 is 23.1 Å². The van der Waals surface area contributed by atoms with E-state index in [0.717, 1.165) is 40.8 Å². The zero-order chi connectivity index (χ0) is 24.7. The highest BCUT2D eigenvalue weighted by atomic mass is 35.5. The zero-order valence-electron chi connectivity index (χ0n) is 20.5. The number of quaternary nitrogens is 1. The maximum Gasteiger partial charge on any atom is 0.282 e. The lowest BCUT2D eigenvalue weighted by Crippen LogP contribution is -3.00. The summed E-state index contributed by atoms with van der Waals surface area (Å²) >= 11 is 1.37. The van der Waals surface area contributed by atoms with Crippen LogP contribution in [0.1, 0.15) is 24.8 Å². The molecular weight excluding hydrogens is 488 g/mol. The SMILES string of the molecule is COc1ccc(-c2csnc2-c2cc(C)c(OC)c(OC)c2)cc1NC(=O)[C@H]([NH3+])CCCCN.[Cl-]. The molecular formula is C25H33ClN4O4S. The predicted octanol–water partition coefficient (Wildman–Crippen LogP) is 0.493. The number of carbonyl (C=O) groups is 1. The number of rotatable bonds is 11. The Morgan fingerprint density at radius 2 is 1.83 bits per heavy atom. The van der Waals surface area contributed by atoms with Gasteiger partial charge in [0, 0.05) is 22.9 Å². The third-order valence-electron chi connectivity index (χ3n) is 5.65. The van der Waals surface area contributed by atoms with Gasteiger partial charge >= 0.3 is 0 Å². The molecule has 0 spiro atoms. The number of anilines is 1. The van der Waals surface area contributed by atoms with Crippen LogP contribution in [0.3, 0.4) is 0 Å². The second-order valence-corrected chi connectivity index (χ2v) is 8.62. The van der Waals surface area contributed by atoms with Crippen molar-refractivity contribution in [1.82, 2.24) is 4.37 Å². The molecule has 1 amide bonds. The molecule has 2 aromatic carbocycles. The Morgan fingerprint density at radius 3 is 2.49 bits per heavy atom. The van der Waals surface area contributed by atoms with E-state index in [0.29, 0.717) is 35.9 Å². The van der Waals surface area contributed by atoms with Crippen LogP contribution in [0.5, 0.6) is 17.2 Å². The maximum atomic E-state index is 12.7. The molecule has 3 aromatic rings. The molecule has 10 heteroatoms. The van der Waals surface area contributed by atoms with E-state index < -0.39 is 0 Å². The Bertz CT molecular complexity index is 1140. The van der Waals surface area contributed by atoms with Crippen LogP contribution in [0.25, 0.3) is 22.4 Å². The van der Waals surface area contributed by atoms with Crippen LogP contribution in [0.2, 0.25) is 0 Å². The Kier molecular flexibility index (Phi) is 10.8. The minimum Gasteiger partial charge on any atom is -1.00 e. The Hall–Kier alpha value is -2.85. The van der Waals surface area contributed by atoms with Crippen LogP contribution < -0.4 is 43.4 Å². The monoisotopic (exact) mass is 520 g/mol. The van der Waals surface area contributed by atoms with Crippen molar-refractivity contribution in [3.8, 4) is 39.6 Å². The fourth-order valence-electron chi connectivity index (χ4n) is 3.82. The Morgan fingerprint density at radius 1 is 1.09 bits per heavy atom. The number of nitrogens with zero attached hydrogens (tertiary/aromatic N) is 1. The Balaban J connectivity index is 0.00000432. The maximum absolute atomic E-state index is 12.7. The van der Waals surface area contributed by atoms with Crippen molar-refractivity contribution in [1.29, 1.82) is 0 Å². The zero-order valence-corrected chi connectivity index (χ0v) is 22.1. The third-order valence-corrected chi connectivity index (χ3v) is 6.28. The van der Waals surface area contributed by atoms with Gasteiger partial charge in [-0.3, -0.25) is 4.79 Å². The molecule has 0 saturated carbocycles. The van der Waals surface area contributed by atoms with Gasteiger partial charge in [0.15, 0.2) is 17.5 Å². The number of benzene rings is 2. The van der Waals surface area contributed by atoms with Crippen molar-refractivity contribution < 1.29 is 37.1 Å². The van der Waals surface area contributed by atoms with Crippen LogP contribution in [0, 0.1) is 6.92 Å². The lowest BCUT2D eigenvalue weighted by Gasteiger charge is -2.15. The van der Waals surface area contributed by atoms with Crippen LogP contribution in [0.15, 0.2) is 35.7 Å². The molecule has 1 heterocycles. The predicted molar refractivity (Wildman–Crippen MR) is 136 cm³/mol. The minimum absolute atomic E-state index is 0. The van der Waals surface area contributed by atoms with E-state index in [1.165, 1.54) is 11.5 Å². The fourth-order valence-corrected chi connectivity index (χ4v) is 4.53. The van der Waals surface area contributed by atoms with Crippen molar-refractivity contribution in [2.75, 3.05) is 33.2 Å². The summed E-state index contributed by atoms with van der Waals surface area (Å²) in [5.41, 5.74) is 14.7. The summed E-state index contributed by atoms with van der Waals surface area (Å²) in [6.45, 7) is 2.58. The van der Waals surface area contributed by atoms with Crippen molar-refractivity contribution in [3.63, 3.8) is 0 Å². The summed E-state index contributed by atoms with van der Waals surface area (Å²) in [6.07, 6.45) is 2.42. The average molecular weight is 521 g/mol. The van der Waals surface area contributed by atoms with Crippen molar-refractivity contribution in [3.05, 3.63) is 41.3 Å². The topological polar surface area (TPSA) is 123 Å². The molecule has 190 valence electrons. The van der Waals surface area contributed by atoms with Crippen molar-refractivity contribution in [2.45, 2.75) is 32.2 Å². The van der Waals surface area contributed by atoms with Crippen molar-refractivity contribution in [2.24, 2.45) is 5.73 Å². The number of amides is 1. The number of methoxy groups -OCH3 is 3. The summed E-state index contributed by atoms with van der Waals surface area (Å²) in [4.78, 5) is 12.7. The second-order valence-electron chi connectivity index (χ2n) is 7.99. The van der Waals surface area contributed by atoms with Gasteiger partial charge in [0.1, 0.15) is 5.75 Å². The van der Waals surface area contributed by atoms with E-state index in [4.69, 9.17) is 19.9 Å². The molecule has 0 aliphatic carbocycles. The molecule has 0 fully saturated rings. The molecule has 3 rings (SSSR count). The van der Waals surface area contributed by atoms with Crippen LogP contribution in [0.4, 0.5) is 5.69 Å². The van der Waals surface area contributed by atoms with E-state index in [-0.39, 0.29) is 24.4 Å². The molecule has 35 heavy (non-hydrogen) atoms. The van der Waals surface area contributed by atoms with E-state index in [1.54, 1.807) is 21.3 Å². The number of nitrogens with one attached hydrogen (secondary N) is 1.